The Morgan fingerprint density at radius 1 is 1.82 bits per heavy atom. The van der Waals surface area contributed by atoms with Crippen LogP contribution in [0.5, 0.6) is 0 Å². The molecule has 1 aliphatic heterocycles. The maximum Gasteiger partial charge on any atom is 0.316 e. The highest BCUT2D eigenvalue weighted by Crippen LogP contribution is 2.24. The fraction of sp³-hybridized carbons (Fsp3) is 0.857. The Balaban J connectivity index is 2.23. The molecule has 3 nitrogen and oxygen atoms in total. The molecule has 0 aliphatic carbocycles. The van der Waals surface area contributed by atoms with Crippen molar-refractivity contribution < 1.29 is 14.6 Å². The van der Waals surface area contributed by atoms with Gasteiger partial charge in [-0.05, 0) is 13.3 Å². The van der Waals surface area contributed by atoms with E-state index in [0.717, 1.165) is 13.0 Å². The summed E-state index contributed by atoms with van der Waals surface area (Å²) in [5, 5.41) is 8.67. The Morgan fingerprint density at radius 2 is 2.55 bits per heavy atom. The van der Waals surface area contributed by atoms with Gasteiger partial charge in [0.25, 0.3) is 0 Å². The van der Waals surface area contributed by atoms with Gasteiger partial charge in [-0.1, -0.05) is 0 Å². The molecular formula is C7H12O3S. The molecule has 1 aliphatic rings. The third-order valence-electron chi connectivity index (χ3n) is 1.63. The zero-order chi connectivity index (χ0) is 8.27. The van der Waals surface area contributed by atoms with E-state index in [1.165, 1.54) is 11.8 Å². The molecule has 2 unspecified atom stereocenters. The van der Waals surface area contributed by atoms with Crippen molar-refractivity contribution in [1.82, 2.24) is 0 Å². The summed E-state index contributed by atoms with van der Waals surface area (Å²) in [6, 6.07) is 0. The summed E-state index contributed by atoms with van der Waals surface area (Å²) in [7, 11) is 0. The van der Waals surface area contributed by atoms with Crippen molar-refractivity contribution in [2.75, 3.05) is 13.2 Å². The number of carboxylic acids is 1. The molecule has 4 heteroatoms. The lowest BCUT2D eigenvalue weighted by atomic mass is 10.4. The van der Waals surface area contributed by atoms with E-state index < -0.39 is 5.97 Å². The largest absolute Gasteiger partial charge is 0.480 e. The van der Waals surface area contributed by atoms with Crippen molar-refractivity contribution in [1.29, 1.82) is 0 Å². The standard InChI is InChI=1S/C7H12O3S/c1-5(7(8)9)11-6-2-3-10-4-6/h5-6H,2-4H2,1H3,(H,8,9). The summed E-state index contributed by atoms with van der Waals surface area (Å²) < 4.78 is 5.12. The summed E-state index contributed by atoms with van der Waals surface area (Å²) in [5.74, 6) is -0.734. The van der Waals surface area contributed by atoms with Crippen LogP contribution in [0.1, 0.15) is 13.3 Å². The molecule has 11 heavy (non-hydrogen) atoms. The molecule has 0 aromatic heterocycles. The molecule has 0 spiro atoms. The Morgan fingerprint density at radius 3 is 3.00 bits per heavy atom. The fourth-order valence-corrected chi connectivity index (χ4v) is 2.07. The molecule has 0 saturated carbocycles. The van der Waals surface area contributed by atoms with Crippen molar-refractivity contribution in [2.24, 2.45) is 0 Å². The van der Waals surface area contributed by atoms with Gasteiger partial charge in [0.1, 0.15) is 0 Å². The first-order valence-corrected chi connectivity index (χ1v) is 4.60. The second kappa shape index (κ2) is 3.97. The van der Waals surface area contributed by atoms with E-state index in [0.29, 0.717) is 11.9 Å². The summed E-state index contributed by atoms with van der Waals surface area (Å²) in [4.78, 5) is 10.4. The van der Waals surface area contributed by atoms with Crippen LogP contribution in [0.2, 0.25) is 0 Å². The smallest absolute Gasteiger partial charge is 0.316 e. The molecule has 0 radical (unpaired) electrons. The lowest BCUT2D eigenvalue weighted by Crippen LogP contribution is -2.16. The van der Waals surface area contributed by atoms with E-state index in [9.17, 15) is 4.79 Å². The van der Waals surface area contributed by atoms with Crippen molar-refractivity contribution >= 4 is 17.7 Å². The van der Waals surface area contributed by atoms with E-state index >= 15 is 0 Å². The molecule has 64 valence electrons. The zero-order valence-electron chi connectivity index (χ0n) is 6.45. The van der Waals surface area contributed by atoms with Gasteiger partial charge in [0.15, 0.2) is 0 Å². The van der Waals surface area contributed by atoms with Gasteiger partial charge in [-0.3, -0.25) is 4.79 Å². The van der Waals surface area contributed by atoms with Gasteiger partial charge in [0, 0.05) is 11.9 Å². The summed E-state index contributed by atoms with van der Waals surface area (Å²) >= 11 is 1.49. The topological polar surface area (TPSA) is 46.5 Å². The van der Waals surface area contributed by atoms with Crippen LogP contribution in [0.25, 0.3) is 0 Å². The van der Waals surface area contributed by atoms with Crippen molar-refractivity contribution in [3.05, 3.63) is 0 Å². The minimum Gasteiger partial charge on any atom is -0.480 e. The van der Waals surface area contributed by atoms with Crippen LogP contribution in [0.4, 0.5) is 0 Å². The maximum atomic E-state index is 10.4. The predicted molar refractivity (Wildman–Crippen MR) is 43.9 cm³/mol. The predicted octanol–water partition coefficient (Wildman–Crippen LogP) is 0.982. The minimum atomic E-state index is -0.734. The van der Waals surface area contributed by atoms with Crippen molar-refractivity contribution in [3.8, 4) is 0 Å². The molecule has 1 heterocycles. The number of carbonyl (C=O) groups is 1. The van der Waals surface area contributed by atoms with Crippen molar-refractivity contribution in [2.45, 2.75) is 23.8 Å². The van der Waals surface area contributed by atoms with Crippen LogP contribution in [-0.2, 0) is 9.53 Å². The first kappa shape index (κ1) is 8.87. The first-order valence-electron chi connectivity index (χ1n) is 3.66. The highest BCUT2D eigenvalue weighted by atomic mass is 32.2. The molecule has 1 saturated heterocycles. The number of carboxylic acid groups (broad SMARTS) is 1. The van der Waals surface area contributed by atoms with Crippen LogP contribution in [0.15, 0.2) is 0 Å². The highest BCUT2D eigenvalue weighted by molar-refractivity contribution is 8.01. The lowest BCUT2D eigenvalue weighted by Gasteiger charge is -2.09. The van der Waals surface area contributed by atoms with E-state index in [4.69, 9.17) is 9.84 Å². The molecule has 0 amide bonds. The quantitative estimate of drug-likeness (QED) is 0.696. The van der Waals surface area contributed by atoms with E-state index in [1.807, 2.05) is 0 Å². The fourth-order valence-electron chi connectivity index (χ4n) is 0.967. The van der Waals surface area contributed by atoms with E-state index in [-0.39, 0.29) is 5.25 Å². The number of rotatable bonds is 3. The molecule has 0 bridgehead atoms. The molecule has 1 rings (SSSR count). The second-order valence-corrected chi connectivity index (χ2v) is 4.25. The Hall–Kier alpha value is -0.220. The number of hydrogen-bond donors (Lipinski definition) is 1. The van der Waals surface area contributed by atoms with Crippen LogP contribution in [-0.4, -0.2) is 34.8 Å². The monoisotopic (exact) mass is 176 g/mol. The average molecular weight is 176 g/mol. The summed E-state index contributed by atoms with van der Waals surface area (Å²) in [6.07, 6.45) is 0.988. The molecule has 2 atom stereocenters. The zero-order valence-corrected chi connectivity index (χ0v) is 7.26. The first-order chi connectivity index (χ1) is 5.20. The normalized spacial score (nSPS) is 26.8. The Kier molecular flexibility index (Phi) is 3.20. The van der Waals surface area contributed by atoms with Gasteiger partial charge in [-0.25, -0.2) is 0 Å². The van der Waals surface area contributed by atoms with Crippen LogP contribution >= 0.6 is 11.8 Å². The maximum absolute atomic E-state index is 10.4. The van der Waals surface area contributed by atoms with Gasteiger partial charge < -0.3 is 9.84 Å². The van der Waals surface area contributed by atoms with Crippen LogP contribution in [0.3, 0.4) is 0 Å². The minimum absolute atomic E-state index is 0.304. The number of hydrogen-bond acceptors (Lipinski definition) is 3. The second-order valence-electron chi connectivity index (χ2n) is 2.60. The van der Waals surface area contributed by atoms with Gasteiger partial charge in [0.05, 0.1) is 11.9 Å². The summed E-state index contributed by atoms with van der Waals surface area (Å²) in [5.41, 5.74) is 0. The molecule has 1 fully saturated rings. The number of thioether (sulfide) groups is 1. The Labute approximate surface area is 70.1 Å². The Bertz CT molecular complexity index is 143. The van der Waals surface area contributed by atoms with Crippen LogP contribution in [0, 0.1) is 0 Å². The van der Waals surface area contributed by atoms with Gasteiger partial charge in [-0.2, -0.15) is 0 Å². The molecule has 0 aromatic rings. The van der Waals surface area contributed by atoms with Gasteiger partial charge >= 0.3 is 5.97 Å². The average Bonchev–Trinajstić information content (AvgIpc) is 2.39. The third-order valence-corrected chi connectivity index (χ3v) is 3.00. The van der Waals surface area contributed by atoms with E-state index in [2.05, 4.69) is 0 Å². The molecular weight excluding hydrogens is 164 g/mol. The SMILES string of the molecule is CC(SC1CCOC1)C(=O)O. The van der Waals surface area contributed by atoms with Gasteiger partial charge in [0.2, 0.25) is 0 Å². The highest BCUT2D eigenvalue weighted by Gasteiger charge is 2.22. The van der Waals surface area contributed by atoms with Gasteiger partial charge in [-0.15, -0.1) is 11.8 Å². The summed E-state index contributed by atoms with van der Waals surface area (Å²) in [6.45, 7) is 3.21. The number of ether oxygens (including phenoxy) is 1. The third kappa shape index (κ3) is 2.71. The lowest BCUT2D eigenvalue weighted by molar-refractivity contribution is -0.136. The molecule has 0 aromatic carbocycles. The van der Waals surface area contributed by atoms with Crippen molar-refractivity contribution in [3.63, 3.8) is 0 Å². The number of aliphatic carboxylic acids is 1. The van der Waals surface area contributed by atoms with E-state index in [1.54, 1.807) is 6.92 Å². The van der Waals surface area contributed by atoms with Crippen LogP contribution < -0.4 is 0 Å². The molecule has 1 N–H and O–H groups in total.